The molecule has 23 heavy (non-hydrogen) atoms. The van der Waals surface area contributed by atoms with Gasteiger partial charge in [-0.2, -0.15) is 0 Å². The summed E-state index contributed by atoms with van der Waals surface area (Å²) in [7, 11) is 0. The molecule has 0 spiro atoms. The molecule has 0 saturated carbocycles. The van der Waals surface area contributed by atoms with Crippen molar-refractivity contribution in [1.29, 1.82) is 0 Å². The summed E-state index contributed by atoms with van der Waals surface area (Å²) in [6.07, 6.45) is 7.56. The molecule has 0 radical (unpaired) electrons. The Morgan fingerprint density at radius 1 is 1.52 bits per heavy atom. The first-order valence-corrected chi connectivity index (χ1v) is 8.55. The highest BCUT2D eigenvalue weighted by molar-refractivity contribution is 5.68. The predicted molar refractivity (Wildman–Crippen MR) is 90.1 cm³/mol. The van der Waals surface area contributed by atoms with Crippen LogP contribution in [0.4, 0.5) is 4.79 Å². The number of hydrogen-bond acceptors (Lipinski definition) is 4. The molecule has 1 amide bonds. The van der Waals surface area contributed by atoms with Gasteiger partial charge >= 0.3 is 6.09 Å². The third-order valence-corrected chi connectivity index (χ3v) is 4.08. The lowest BCUT2D eigenvalue weighted by atomic mass is 9.96. The lowest BCUT2D eigenvalue weighted by molar-refractivity contribution is 0.00788. The fourth-order valence-electron chi connectivity index (χ4n) is 2.96. The summed E-state index contributed by atoms with van der Waals surface area (Å²) in [4.78, 5) is 21.5. The van der Waals surface area contributed by atoms with Crippen molar-refractivity contribution < 1.29 is 9.53 Å². The number of carbonyl (C=O) groups excluding carboxylic acids is 1. The smallest absolute Gasteiger partial charge is 0.410 e. The van der Waals surface area contributed by atoms with Crippen molar-refractivity contribution in [3.05, 3.63) is 18.2 Å². The van der Waals surface area contributed by atoms with E-state index in [1.54, 1.807) is 6.33 Å². The standard InChI is InChI=1S/C17H30N4O2/c1-13(19-11-14-10-18-12-20-14)9-15-7-5-6-8-21(15)16(22)23-17(2,3)4/h10,12-13,15,19H,5-9,11H2,1-4H3,(H,18,20). The average molecular weight is 322 g/mol. The van der Waals surface area contributed by atoms with E-state index < -0.39 is 5.60 Å². The van der Waals surface area contributed by atoms with Gasteiger partial charge in [-0.15, -0.1) is 0 Å². The van der Waals surface area contributed by atoms with E-state index in [9.17, 15) is 4.79 Å². The van der Waals surface area contributed by atoms with Gasteiger partial charge in [0.25, 0.3) is 0 Å². The molecule has 0 aromatic carbocycles. The van der Waals surface area contributed by atoms with Crippen molar-refractivity contribution in [2.45, 2.75) is 77.6 Å². The number of H-pyrrole nitrogens is 1. The summed E-state index contributed by atoms with van der Waals surface area (Å²) >= 11 is 0. The highest BCUT2D eigenvalue weighted by Crippen LogP contribution is 2.23. The normalized spacial score (nSPS) is 20.3. The Morgan fingerprint density at radius 3 is 2.96 bits per heavy atom. The average Bonchev–Trinajstić information content (AvgIpc) is 2.97. The quantitative estimate of drug-likeness (QED) is 0.874. The minimum Gasteiger partial charge on any atom is -0.444 e. The summed E-state index contributed by atoms with van der Waals surface area (Å²) in [5, 5.41) is 3.49. The lowest BCUT2D eigenvalue weighted by Crippen LogP contribution is -2.48. The monoisotopic (exact) mass is 322 g/mol. The van der Waals surface area contributed by atoms with Crippen molar-refractivity contribution in [2.24, 2.45) is 0 Å². The van der Waals surface area contributed by atoms with Crippen LogP contribution in [0.1, 0.15) is 59.1 Å². The number of hydrogen-bond donors (Lipinski definition) is 2. The van der Waals surface area contributed by atoms with Gasteiger partial charge in [0.2, 0.25) is 0 Å². The maximum Gasteiger partial charge on any atom is 0.410 e. The Hall–Kier alpha value is -1.56. The van der Waals surface area contributed by atoms with E-state index in [-0.39, 0.29) is 12.1 Å². The molecule has 1 aromatic heterocycles. The molecule has 0 bridgehead atoms. The van der Waals surface area contributed by atoms with Crippen LogP contribution in [-0.4, -0.2) is 45.2 Å². The Balaban J connectivity index is 1.86. The molecule has 1 aromatic rings. The summed E-state index contributed by atoms with van der Waals surface area (Å²) in [6.45, 7) is 9.47. The Bertz CT molecular complexity index is 481. The van der Waals surface area contributed by atoms with Gasteiger partial charge in [0.15, 0.2) is 0 Å². The van der Waals surface area contributed by atoms with Crippen molar-refractivity contribution >= 4 is 6.09 Å². The molecule has 1 aliphatic rings. The van der Waals surface area contributed by atoms with Gasteiger partial charge in [-0.25, -0.2) is 9.78 Å². The molecule has 1 fully saturated rings. The van der Waals surface area contributed by atoms with Gasteiger partial charge < -0.3 is 19.9 Å². The van der Waals surface area contributed by atoms with Gasteiger partial charge in [-0.05, 0) is 53.4 Å². The van der Waals surface area contributed by atoms with Crippen LogP contribution in [0.25, 0.3) is 0 Å². The topological polar surface area (TPSA) is 70.2 Å². The van der Waals surface area contributed by atoms with E-state index in [1.165, 1.54) is 6.42 Å². The van der Waals surface area contributed by atoms with Crippen LogP contribution in [0.2, 0.25) is 0 Å². The first kappa shape index (κ1) is 17.8. The summed E-state index contributed by atoms with van der Waals surface area (Å²) < 4.78 is 5.56. The molecule has 6 nitrogen and oxygen atoms in total. The first-order chi connectivity index (χ1) is 10.8. The second-order valence-corrected chi connectivity index (χ2v) is 7.42. The highest BCUT2D eigenvalue weighted by atomic mass is 16.6. The van der Waals surface area contributed by atoms with Gasteiger partial charge in [0, 0.05) is 37.1 Å². The number of nitrogens with zero attached hydrogens (tertiary/aromatic N) is 2. The third-order valence-electron chi connectivity index (χ3n) is 4.08. The molecule has 2 N–H and O–H groups in total. The fourth-order valence-corrected chi connectivity index (χ4v) is 2.96. The van der Waals surface area contributed by atoms with E-state index in [2.05, 4.69) is 22.2 Å². The molecule has 2 heterocycles. The van der Waals surface area contributed by atoms with Crippen molar-refractivity contribution in [2.75, 3.05) is 6.54 Å². The zero-order valence-electron chi connectivity index (χ0n) is 14.8. The largest absolute Gasteiger partial charge is 0.444 e. The van der Waals surface area contributed by atoms with E-state index in [1.807, 2.05) is 31.9 Å². The maximum absolute atomic E-state index is 12.4. The second kappa shape index (κ2) is 7.81. The Morgan fingerprint density at radius 2 is 2.30 bits per heavy atom. The number of nitrogens with one attached hydrogen (secondary N) is 2. The molecule has 130 valence electrons. The minimum absolute atomic E-state index is 0.178. The lowest BCUT2D eigenvalue weighted by Gasteiger charge is -2.38. The van der Waals surface area contributed by atoms with Crippen LogP contribution in [0, 0.1) is 0 Å². The number of carbonyl (C=O) groups is 1. The summed E-state index contributed by atoms with van der Waals surface area (Å²) in [5.74, 6) is 0. The van der Waals surface area contributed by atoms with Crippen molar-refractivity contribution in [3.63, 3.8) is 0 Å². The molecule has 2 unspecified atom stereocenters. The summed E-state index contributed by atoms with van der Waals surface area (Å²) in [6, 6.07) is 0.578. The van der Waals surface area contributed by atoms with Crippen LogP contribution < -0.4 is 5.32 Å². The van der Waals surface area contributed by atoms with Gasteiger partial charge in [0.1, 0.15) is 5.60 Å². The van der Waals surface area contributed by atoms with Crippen LogP contribution in [0.15, 0.2) is 12.5 Å². The van der Waals surface area contributed by atoms with Crippen LogP contribution in [0.5, 0.6) is 0 Å². The number of likely N-dealkylation sites (tertiary alicyclic amines) is 1. The highest BCUT2D eigenvalue weighted by Gasteiger charge is 2.31. The van der Waals surface area contributed by atoms with Gasteiger partial charge in [0.05, 0.1) is 6.33 Å². The zero-order valence-corrected chi connectivity index (χ0v) is 14.8. The van der Waals surface area contributed by atoms with Crippen molar-refractivity contribution in [1.82, 2.24) is 20.2 Å². The Labute approximate surface area is 139 Å². The van der Waals surface area contributed by atoms with Crippen LogP contribution >= 0.6 is 0 Å². The maximum atomic E-state index is 12.4. The molecular formula is C17H30N4O2. The van der Waals surface area contributed by atoms with Crippen LogP contribution in [0.3, 0.4) is 0 Å². The SMILES string of the molecule is CC(CC1CCCCN1C(=O)OC(C)(C)C)NCc1cnc[nH]1. The number of aromatic amines is 1. The van der Waals surface area contributed by atoms with Crippen molar-refractivity contribution in [3.8, 4) is 0 Å². The number of amides is 1. The number of imidazole rings is 1. The van der Waals surface area contributed by atoms with Gasteiger partial charge in [-0.3, -0.25) is 0 Å². The summed E-state index contributed by atoms with van der Waals surface area (Å²) in [5.41, 5.74) is 0.633. The number of piperidine rings is 1. The number of ether oxygens (including phenoxy) is 1. The number of aromatic nitrogens is 2. The van der Waals surface area contributed by atoms with Gasteiger partial charge in [-0.1, -0.05) is 0 Å². The Kier molecular flexibility index (Phi) is 6.04. The third kappa shape index (κ3) is 5.86. The van der Waals surface area contributed by atoms with E-state index in [0.29, 0.717) is 6.04 Å². The second-order valence-electron chi connectivity index (χ2n) is 7.42. The molecule has 1 aliphatic heterocycles. The molecule has 1 saturated heterocycles. The number of rotatable bonds is 5. The van der Waals surface area contributed by atoms with Crippen LogP contribution in [-0.2, 0) is 11.3 Å². The molecule has 6 heteroatoms. The molecular weight excluding hydrogens is 292 g/mol. The zero-order chi connectivity index (χ0) is 16.9. The minimum atomic E-state index is -0.441. The molecule has 0 aliphatic carbocycles. The van der Waals surface area contributed by atoms with E-state index >= 15 is 0 Å². The predicted octanol–water partition coefficient (Wildman–Crippen LogP) is 3.07. The first-order valence-electron chi connectivity index (χ1n) is 8.55. The molecule has 2 rings (SSSR count). The fraction of sp³-hybridized carbons (Fsp3) is 0.765. The van der Waals surface area contributed by atoms with E-state index in [0.717, 1.165) is 38.0 Å². The van der Waals surface area contributed by atoms with E-state index in [4.69, 9.17) is 4.74 Å². The molecule has 2 atom stereocenters.